The number of nitrogens with zero attached hydrogens (tertiary/aromatic N) is 2. The minimum absolute atomic E-state index is 0.163. The van der Waals surface area contributed by atoms with Crippen molar-refractivity contribution in [2.45, 2.75) is 51.7 Å². The van der Waals surface area contributed by atoms with Gasteiger partial charge in [0.1, 0.15) is 11.4 Å². The molecule has 2 rings (SSSR count). The molecule has 0 aliphatic carbocycles. The second kappa shape index (κ2) is 5.93. The first-order valence-corrected chi connectivity index (χ1v) is 6.91. The Morgan fingerprint density at radius 1 is 1.50 bits per heavy atom. The van der Waals surface area contributed by atoms with Crippen molar-refractivity contribution in [2.75, 3.05) is 13.2 Å². The molecule has 6 heteroatoms. The SMILES string of the molecule is CC(C)(C)OC(=O)n1c(CO)cnc1C1CCOCC1. The van der Waals surface area contributed by atoms with E-state index in [0.29, 0.717) is 24.7 Å². The summed E-state index contributed by atoms with van der Waals surface area (Å²) in [5.41, 5.74) is -0.123. The van der Waals surface area contributed by atoms with Crippen molar-refractivity contribution in [3.05, 3.63) is 17.7 Å². The lowest BCUT2D eigenvalue weighted by atomic mass is 9.99. The number of hydrogen-bond acceptors (Lipinski definition) is 5. The van der Waals surface area contributed by atoms with E-state index in [-0.39, 0.29) is 12.5 Å². The Labute approximate surface area is 118 Å². The quantitative estimate of drug-likeness (QED) is 0.898. The van der Waals surface area contributed by atoms with Crippen LogP contribution in [0.1, 0.15) is 51.0 Å². The summed E-state index contributed by atoms with van der Waals surface area (Å²) in [6, 6.07) is 0. The predicted octanol–water partition coefficient (Wildman–Crippen LogP) is 2.05. The third-order valence-electron chi connectivity index (χ3n) is 3.19. The van der Waals surface area contributed by atoms with Gasteiger partial charge in [0, 0.05) is 19.1 Å². The van der Waals surface area contributed by atoms with Crippen LogP contribution in [-0.2, 0) is 16.1 Å². The van der Waals surface area contributed by atoms with E-state index < -0.39 is 11.7 Å². The molecule has 1 aromatic rings. The number of hydrogen-bond donors (Lipinski definition) is 1. The van der Waals surface area contributed by atoms with Gasteiger partial charge in [-0.2, -0.15) is 0 Å². The van der Waals surface area contributed by atoms with E-state index in [1.54, 1.807) is 0 Å². The number of aliphatic hydroxyl groups is 1. The molecule has 1 aromatic heterocycles. The van der Waals surface area contributed by atoms with Crippen LogP contribution in [0.3, 0.4) is 0 Å². The largest absolute Gasteiger partial charge is 0.443 e. The van der Waals surface area contributed by atoms with Crippen LogP contribution in [0.5, 0.6) is 0 Å². The molecule has 2 heterocycles. The minimum Gasteiger partial charge on any atom is -0.443 e. The second-order valence-electron chi connectivity index (χ2n) is 5.97. The summed E-state index contributed by atoms with van der Waals surface area (Å²) in [6.07, 6.45) is 2.70. The molecule has 1 N–H and O–H groups in total. The van der Waals surface area contributed by atoms with Gasteiger partial charge in [0.05, 0.1) is 18.5 Å². The first-order valence-electron chi connectivity index (χ1n) is 6.91. The number of carbonyl (C=O) groups excluding carboxylic acids is 1. The van der Waals surface area contributed by atoms with Gasteiger partial charge in [-0.15, -0.1) is 0 Å². The predicted molar refractivity (Wildman–Crippen MR) is 72.6 cm³/mol. The maximum Gasteiger partial charge on any atom is 0.420 e. The minimum atomic E-state index is -0.582. The van der Waals surface area contributed by atoms with E-state index in [1.165, 1.54) is 10.8 Å². The fourth-order valence-electron chi connectivity index (χ4n) is 2.28. The Morgan fingerprint density at radius 3 is 2.70 bits per heavy atom. The first kappa shape index (κ1) is 15.0. The van der Waals surface area contributed by atoms with E-state index in [4.69, 9.17) is 9.47 Å². The molecule has 1 aliphatic rings. The Morgan fingerprint density at radius 2 is 2.15 bits per heavy atom. The fourth-order valence-corrected chi connectivity index (χ4v) is 2.28. The van der Waals surface area contributed by atoms with Crippen LogP contribution in [-0.4, -0.2) is 39.6 Å². The topological polar surface area (TPSA) is 73.6 Å². The molecule has 1 aliphatic heterocycles. The van der Waals surface area contributed by atoms with Crippen molar-refractivity contribution in [1.82, 2.24) is 9.55 Å². The molecule has 0 saturated carbocycles. The summed E-state index contributed by atoms with van der Waals surface area (Å²) in [5, 5.41) is 9.38. The summed E-state index contributed by atoms with van der Waals surface area (Å²) in [5.74, 6) is 0.822. The van der Waals surface area contributed by atoms with E-state index in [0.717, 1.165) is 12.8 Å². The molecule has 112 valence electrons. The number of carbonyl (C=O) groups is 1. The van der Waals surface area contributed by atoms with Crippen molar-refractivity contribution in [1.29, 1.82) is 0 Å². The lowest BCUT2D eigenvalue weighted by Crippen LogP contribution is -2.30. The van der Waals surface area contributed by atoms with E-state index >= 15 is 0 Å². The molecule has 0 radical (unpaired) electrons. The maximum absolute atomic E-state index is 12.3. The van der Waals surface area contributed by atoms with Crippen molar-refractivity contribution in [3.8, 4) is 0 Å². The molecule has 20 heavy (non-hydrogen) atoms. The zero-order chi connectivity index (χ0) is 14.8. The van der Waals surface area contributed by atoms with Gasteiger partial charge < -0.3 is 14.6 Å². The average Bonchev–Trinajstić information content (AvgIpc) is 2.81. The van der Waals surface area contributed by atoms with E-state index in [9.17, 15) is 9.90 Å². The monoisotopic (exact) mass is 282 g/mol. The van der Waals surface area contributed by atoms with Gasteiger partial charge in [-0.25, -0.2) is 14.3 Å². The highest BCUT2D eigenvalue weighted by Gasteiger charge is 2.28. The lowest BCUT2D eigenvalue weighted by Gasteiger charge is -2.24. The van der Waals surface area contributed by atoms with Gasteiger partial charge in [0.25, 0.3) is 0 Å². The fraction of sp³-hybridized carbons (Fsp3) is 0.714. The molecule has 0 atom stereocenters. The number of ether oxygens (including phenoxy) is 2. The Kier molecular flexibility index (Phi) is 4.45. The number of imidazole rings is 1. The highest BCUT2D eigenvalue weighted by molar-refractivity contribution is 5.72. The zero-order valence-corrected chi connectivity index (χ0v) is 12.3. The molecule has 1 saturated heterocycles. The lowest BCUT2D eigenvalue weighted by molar-refractivity contribution is 0.0500. The molecule has 6 nitrogen and oxygen atoms in total. The highest BCUT2D eigenvalue weighted by atomic mass is 16.6. The van der Waals surface area contributed by atoms with Crippen LogP contribution >= 0.6 is 0 Å². The maximum atomic E-state index is 12.3. The molecule has 0 bridgehead atoms. The molecule has 0 unspecified atom stereocenters. The third kappa shape index (κ3) is 3.37. The Bertz CT molecular complexity index is 470. The van der Waals surface area contributed by atoms with Gasteiger partial charge in [0.2, 0.25) is 0 Å². The standard InChI is InChI=1S/C14H22N2O4/c1-14(2,3)20-13(18)16-11(9-17)8-15-12(16)10-4-6-19-7-5-10/h8,10,17H,4-7,9H2,1-3H3. The van der Waals surface area contributed by atoms with Crippen molar-refractivity contribution in [3.63, 3.8) is 0 Å². The van der Waals surface area contributed by atoms with Crippen molar-refractivity contribution >= 4 is 6.09 Å². The van der Waals surface area contributed by atoms with Crippen LogP contribution < -0.4 is 0 Å². The molecule has 0 aromatic carbocycles. The van der Waals surface area contributed by atoms with Gasteiger partial charge >= 0.3 is 6.09 Å². The average molecular weight is 282 g/mol. The van der Waals surface area contributed by atoms with Gasteiger partial charge in [-0.1, -0.05) is 0 Å². The van der Waals surface area contributed by atoms with Gasteiger partial charge in [0.15, 0.2) is 0 Å². The van der Waals surface area contributed by atoms with E-state index in [1.807, 2.05) is 20.8 Å². The normalized spacial score (nSPS) is 17.2. The van der Waals surface area contributed by atoms with Crippen molar-refractivity contribution in [2.24, 2.45) is 0 Å². The molecule has 1 fully saturated rings. The van der Waals surface area contributed by atoms with Crippen LogP contribution in [0.2, 0.25) is 0 Å². The van der Waals surface area contributed by atoms with Gasteiger partial charge in [-0.05, 0) is 33.6 Å². The summed E-state index contributed by atoms with van der Waals surface area (Å²) in [4.78, 5) is 16.6. The number of aromatic nitrogens is 2. The summed E-state index contributed by atoms with van der Waals surface area (Å²) in [7, 11) is 0. The first-order chi connectivity index (χ1) is 9.42. The summed E-state index contributed by atoms with van der Waals surface area (Å²) < 4.78 is 12.1. The zero-order valence-electron chi connectivity index (χ0n) is 12.3. The Hall–Kier alpha value is -1.40. The highest BCUT2D eigenvalue weighted by Crippen LogP contribution is 2.27. The number of aliphatic hydroxyl groups excluding tert-OH is 1. The molecule has 0 amide bonds. The number of rotatable bonds is 2. The van der Waals surface area contributed by atoms with Crippen LogP contribution in [0.4, 0.5) is 4.79 Å². The van der Waals surface area contributed by atoms with Gasteiger partial charge in [-0.3, -0.25) is 0 Å². The van der Waals surface area contributed by atoms with Crippen molar-refractivity contribution < 1.29 is 19.4 Å². The summed E-state index contributed by atoms with van der Waals surface area (Å²) >= 11 is 0. The third-order valence-corrected chi connectivity index (χ3v) is 3.19. The smallest absolute Gasteiger partial charge is 0.420 e. The second-order valence-corrected chi connectivity index (χ2v) is 5.97. The van der Waals surface area contributed by atoms with Crippen LogP contribution in [0.15, 0.2) is 6.20 Å². The molecular weight excluding hydrogens is 260 g/mol. The Balaban J connectivity index is 2.29. The van der Waals surface area contributed by atoms with E-state index in [2.05, 4.69) is 4.98 Å². The van der Waals surface area contributed by atoms with Crippen LogP contribution in [0, 0.1) is 0 Å². The molecule has 0 spiro atoms. The van der Waals surface area contributed by atoms with Crippen LogP contribution in [0.25, 0.3) is 0 Å². The summed E-state index contributed by atoms with van der Waals surface area (Å²) in [6.45, 7) is 6.54. The molecular formula is C14H22N2O4.